The predicted molar refractivity (Wildman–Crippen MR) is 103 cm³/mol. The molecule has 27 heavy (non-hydrogen) atoms. The lowest BCUT2D eigenvalue weighted by atomic mass is 10.1. The van der Waals surface area contributed by atoms with Gasteiger partial charge >= 0.3 is 0 Å². The number of carbonyl (C=O) groups is 2. The molecule has 2 amide bonds. The zero-order valence-electron chi connectivity index (χ0n) is 15.9. The zero-order valence-corrected chi connectivity index (χ0v) is 15.9. The maximum Gasteiger partial charge on any atom is 0.239 e. The van der Waals surface area contributed by atoms with E-state index in [9.17, 15) is 9.59 Å². The lowest BCUT2D eigenvalue weighted by Gasteiger charge is -2.35. The molecule has 0 saturated carbocycles. The molecule has 0 saturated heterocycles. The number of amides is 2. The van der Waals surface area contributed by atoms with Gasteiger partial charge < -0.3 is 15.0 Å². The summed E-state index contributed by atoms with van der Waals surface area (Å²) in [5.74, 6) is 2.55. The van der Waals surface area contributed by atoms with Gasteiger partial charge in [0.05, 0.1) is 0 Å². The summed E-state index contributed by atoms with van der Waals surface area (Å²) in [5.41, 5.74) is 8.68. The SMILES string of the molecule is C#CCOc1ccc(CNC(=O)CN(C(=O)CCN=[N+]=[N-])C(C)(C)C)cc1. The maximum absolute atomic E-state index is 12.3. The fourth-order valence-corrected chi connectivity index (χ4v) is 2.25. The second kappa shape index (κ2) is 10.7. The number of benzene rings is 1. The molecular weight excluding hydrogens is 346 g/mol. The van der Waals surface area contributed by atoms with Gasteiger partial charge in [-0.25, -0.2) is 0 Å². The van der Waals surface area contributed by atoms with E-state index in [-0.39, 0.29) is 37.9 Å². The van der Waals surface area contributed by atoms with E-state index in [0.717, 1.165) is 5.56 Å². The molecular formula is C19H25N5O3. The quantitative estimate of drug-likeness (QED) is 0.312. The fraction of sp³-hybridized carbons (Fsp3) is 0.474. The Labute approximate surface area is 159 Å². The molecule has 0 heterocycles. The van der Waals surface area contributed by atoms with Crippen LogP contribution in [0.25, 0.3) is 10.4 Å². The van der Waals surface area contributed by atoms with Crippen molar-refractivity contribution in [1.29, 1.82) is 0 Å². The van der Waals surface area contributed by atoms with E-state index in [0.29, 0.717) is 12.3 Å². The first-order valence-electron chi connectivity index (χ1n) is 8.51. The van der Waals surface area contributed by atoms with Crippen LogP contribution in [0.5, 0.6) is 5.75 Å². The van der Waals surface area contributed by atoms with Crippen LogP contribution in [0.4, 0.5) is 0 Å². The summed E-state index contributed by atoms with van der Waals surface area (Å²) in [6.45, 7) is 6.08. The molecule has 0 radical (unpaired) electrons. The van der Waals surface area contributed by atoms with Crippen molar-refractivity contribution in [2.75, 3.05) is 19.7 Å². The van der Waals surface area contributed by atoms with E-state index in [1.807, 2.05) is 32.9 Å². The van der Waals surface area contributed by atoms with Crippen LogP contribution in [0.1, 0.15) is 32.8 Å². The number of nitrogens with one attached hydrogen (secondary N) is 1. The van der Waals surface area contributed by atoms with Crippen LogP contribution in [-0.2, 0) is 16.1 Å². The van der Waals surface area contributed by atoms with Crippen molar-refractivity contribution in [3.8, 4) is 18.1 Å². The molecule has 1 N–H and O–H groups in total. The Balaban J connectivity index is 2.59. The minimum absolute atomic E-state index is 0.0632. The van der Waals surface area contributed by atoms with Crippen LogP contribution < -0.4 is 10.1 Å². The van der Waals surface area contributed by atoms with E-state index in [1.54, 1.807) is 12.1 Å². The van der Waals surface area contributed by atoms with Crippen molar-refractivity contribution in [3.63, 3.8) is 0 Å². The summed E-state index contributed by atoms with van der Waals surface area (Å²) in [5, 5.41) is 6.17. The van der Waals surface area contributed by atoms with E-state index in [4.69, 9.17) is 16.7 Å². The fourth-order valence-electron chi connectivity index (χ4n) is 2.25. The molecule has 8 nitrogen and oxygen atoms in total. The molecule has 0 aliphatic heterocycles. The number of azide groups is 1. The number of rotatable bonds is 9. The molecule has 0 aliphatic carbocycles. The van der Waals surface area contributed by atoms with Gasteiger partial charge in [-0.05, 0) is 44.0 Å². The van der Waals surface area contributed by atoms with Crippen LogP contribution in [0, 0.1) is 12.3 Å². The molecule has 0 bridgehead atoms. The van der Waals surface area contributed by atoms with E-state index in [2.05, 4.69) is 21.3 Å². The van der Waals surface area contributed by atoms with Gasteiger partial charge in [0.1, 0.15) is 18.9 Å². The summed E-state index contributed by atoms with van der Waals surface area (Å²) in [4.78, 5) is 28.7. The standard InChI is InChI=1S/C19H25N5O3/c1-5-12-27-16-8-6-15(7-9-16)13-21-17(25)14-24(19(2,3)4)18(26)10-11-22-23-20/h1,6-9H,10-14H2,2-4H3,(H,21,25). The van der Waals surface area contributed by atoms with Gasteiger partial charge in [-0.3, -0.25) is 9.59 Å². The summed E-state index contributed by atoms with van der Waals surface area (Å²) in [7, 11) is 0. The molecule has 8 heteroatoms. The predicted octanol–water partition coefficient (Wildman–Crippen LogP) is 2.64. The third-order valence-corrected chi connectivity index (χ3v) is 3.64. The van der Waals surface area contributed by atoms with Crippen LogP contribution in [-0.4, -0.2) is 41.9 Å². The average Bonchev–Trinajstić information content (AvgIpc) is 2.62. The van der Waals surface area contributed by atoms with Gasteiger partial charge in [0.25, 0.3) is 0 Å². The third-order valence-electron chi connectivity index (χ3n) is 3.64. The van der Waals surface area contributed by atoms with Gasteiger partial charge in [-0.1, -0.05) is 23.2 Å². The largest absolute Gasteiger partial charge is 0.481 e. The Morgan fingerprint density at radius 3 is 2.56 bits per heavy atom. The van der Waals surface area contributed by atoms with Crippen molar-refractivity contribution in [3.05, 3.63) is 40.3 Å². The Bertz CT molecular complexity index is 725. The number of hydrogen-bond acceptors (Lipinski definition) is 4. The van der Waals surface area contributed by atoms with Gasteiger partial charge in [-0.2, -0.15) is 0 Å². The Hall–Kier alpha value is -3.17. The zero-order chi connectivity index (χ0) is 20.3. The monoisotopic (exact) mass is 371 g/mol. The minimum atomic E-state index is -0.527. The molecule has 0 fully saturated rings. The number of nitrogens with zero attached hydrogens (tertiary/aromatic N) is 4. The highest BCUT2D eigenvalue weighted by molar-refractivity contribution is 5.85. The molecule has 0 spiro atoms. The first-order chi connectivity index (χ1) is 12.8. The normalized spacial score (nSPS) is 10.3. The van der Waals surface area contributed by atoms with Gasteiger partial charge in [0, 0.05) is 30.0 Å². The second-order valence-corrected chi connectivity index (χ2v) is 6.77. The maximum atomic E-state index is 12.3. The third kappa shape index (κ3) is 8.17. The molecule has 0 aromatic heterocycles. The van der Waals surface area contributed by atoms with Crippen LogP contribution >= 0.6 is 0 Å². The molecule has 0 unspecified atom stereocenters. The Kier molecular flexibility index (Phi) is 8.70. The number of terminal acetylenes is 1. The Morgan fingerprint density at radius 2 is 2.00 bits per heavy atom. The van der Waals surface area contributed by atoms with Crippen LogP contribution in [0.15, 0.2) is 29.4 Å². The van der Waals surface area contributed by atoms with E-state index < -0.39 is 5.54 Å². The van der Waals surface area contributed by atoms with Gasteiger partial charge in [0.2, 0.25) is 11.8 Å². The van der Waals surface area contributed by atoms with E-state index >= 15 is 0 Å². The topological polar surface area (TPSA) is 107 Å². The second-order valence-electron chi connectivity index (χ2n) is 6.77. The van der Waals surface area contributed by atoms with E-state index in [1.165, 1.54) is 4.90 Å². The number of hydrogen-bond donors (Lipinski definition) is 1. The lowest BCUT2D eigenvalue weighted by Crippen LogP contribution is -2.50. The molecule has 144 valence electrons. The summed E-state index contributed by atoms with van der Waals surface area (Å²) in [6.07, 6.45) is 5.20. The Morgan fingerprint density at radius 1 is 1.33 bits per heavy atom. The van der Waals surface area contributed by atoms with Crippen molar-refractivity contribution < 1.29 is 14.3 Å². The molecule has 1 aromatic rings. The number of ether oxygens (including phenoxy) is 1. The molecule has 0 aliphatic rings. The van der Waals surface area contributed by atoms with Crippen molar-refractivity contribution in [2.45, 2.75) is 39.3 Å². The summed E-state index contributed by atoms with van der Waals surface area (Å²) < 4.78 is 5.29. The molecule has 1 rings (SSSR count). The lowest BCUT2D eigenvalue weighted by molar-refractivity contribution is -0.140. The smallest absolute Gasteiger partial charge is 0.239 e. The summed E-state index contributed by atoms with van der Waals surface area (Å²) >= 11 is 0. The average molecular weight is 371 g/mol. The molecule has 0 atom stereocenters. The van der Waals surface area contributed by atoms with Gasteiger partial charge in [0.15, 0.2) is 0 Å². The summed E-state index contributed by atoms with van der Waals surface area (Å²) in [6, 6.07) is 7.22. The first kappa shape index (κ1) is 21.9. The highest BCUT2D eigenvalue weighted by Gasteiger charge is 2.27. The molecule has 1 aromatic carbocycles. The van der Waals surface area contributed by atoms with Gasteiger partial charge in [-0.15, -0.1) is 6.42 Å². The van der Waals surface area contributed by atoms with Crippen LogP contribution in [0.3, 0.4) is 0 Å². The van der Waals surface area contributed by atoms with Crippen molar-refractivity contribution >= 4 is 11.8 Å². The minimum Gasteiger partial charge on any atom is -0.481 e. The van der Waals surface area contributed by atoms with Crippen LogP contribution in [0.2, 0.25) is 0 Å². The first-order valence-corrected chi connectivity index (χ1v) is 8.51. The highest BCUT2D eigenvalue weighted by Crippen LogP contribution is 2.15. The highest BCUT2D eigenvalue weighted by atomic mass is 16.5. The van der Waals surface area contributed by atoms with Crippen molar-refractivity contribution in [2.24, 2.45) is 5.11 Å². The number of carbonyl (C=O) groups excluding carboxylic acids is 2. The van der Waals surface area contributed by atoms with Crippen molar-refractivity contribution in [1.82, 2.24) is 10.2 Å².